The predicted molar refractivity (Wildman–Crippen MR) is 76.2 cm³/mol. The predicted octanol–water partition coefficient (Wildman–Crippen LogP) is 3.44. The van der Waals surface area contributed by atoms with E-state index < -0.39 is 0 Å². The van der Waals surface area contributed by atoms with Crippen LogP contribution in [0, 0.1) is 0 Å². The Morgan fingerprint density at radius 2 is 2.05 bits per heavy atom. The van der Waals surface area contributed by atoms with Crippen molar-refractivity contribution < 1.29 is 4.52 Å². The molecule has 1 aliphatic rings. The maximum Gasteiger partial charge on any atom is 0.228 e. The second-order valence-corrected chi connectivity index (χ2v) is 5.67. The van der Waals surface area contributed by atoms with Crippen molar-refractivity contribution in [2.75, 3.05) is 6.54 Å². The molecule has 1 unspecified atom stereocenters. The molecule has 108 valence electrons. The van der Waals surface area contributed by atoms with Crippen LogP contribution in [0.3, 0.4) is 0 Å². The Labute approximate surface area is 116 Å². The SMILES string of the molecule is CCCNC(CCC)Cc1nc(C2CCCC2)no1. The third-order valence-electron chi connectivity index (χ3n) is 3.95. The summed E-state index contributed by atoms with van der Waals surface area (Å²) in [4.78, 5) is 4.60. The molecule has 0 spiro atoms. The molecule has 1 N–H and O–H groups in total. The van der Waals surface area contributed by atoms with Crippen molar-refractivity contribution in [2.45, 2.75) is 77.2 Å². The lowest BCUT2D eigenvalue weighted by molar-refractivity contribution is 0.345. The van der Waals surface area contributed by atoms with Gasteiger partial charge in [-0.15, -0.1) is 0 Å². The Morgan fingerprint density at radius 1 is 1.26 bits per heavy atom. The highest BCUT2D eigenvalue weighted by Gasteiger charge is 2.23. The number of nitrogens with zero attached hydrogens (tertiary/aromatic N) is 2. The van der Waals surface area contributed by atoms with Gasteiger partial charge >= 0.3 is 0 Å². The Hall–Kier alpha value is -0.900. The molecule has 0 aromatic carbocycles. The summed E-state index contributed by atoms with van der Waals surface area (Å²) in [5.41, 5.74) is 0. The zero-order valence-electron chi connectivity index (χ0n) is 12.3. The van der Waals surface area contributed by atoms with Crippen LogP contribution >= 0.6 is 0 Å². The van der Waals surface area contributed by atoms with E-state index in [1.807, 2.05) is 0 Å². The molecular formula is C15H27N3O. The maximum absolute atomic E-state index is 5.43. The molecule has 4 heteroatoms. The summed E-state index contributed by atoms with van der Waals surface area (Å²) in [7, 11) is 0. The molecule has 0 radical (unpaired) electrons. The van der Waals surface area contributed by atoms with Crippen molar-refractivity contribution in [3.8, 4) is 0 Å². The number of rotatable bonds is 8. The van der Waals surface area contributed by atoms with E-state index in [1.165, 1.54) is 38.5 Å². The highest BCUT2D eigenvalue weighted by Crippen LogP contribution is 2.32. The van der Waals surface area contributed by atoms with Crippen molar-refractivity contribution in [2.24, 2.45) is 0 Å². The normalized spacial score (nSPS) is 18.0. The number of aromatic nitrogens is 2. The zero-order valence-corrected chi connectivity index (χ0v) is 12.3. The van der Waals surface area contributed by atoms with Gasteiger partial charge in [-0.2, -0.15) is 4.98 Å². The minimum absolute atomic E-state index is 0.474. The van der Waals surface area contributed by atoms with Crippen LogP contribution < -0.4 is 5.32 Å². The van der Waals surface area contributed by atoms with Crippen LogP contribution in [0.2, 0.25) is 0 Å². The van der Waals surface area contributed by atoms with E-state index in [9.17, 15) is 0 Å². The minimum Gasteiger partial charge on any atom is -0.339 e. The molecule has 1 aliphatic carbocycles. The molecule has 1 aromatic rings. The largest absolute Gasteiger partial charge is 0.339 e. The number of hydrogen-bond donors (Lipinski definition) is 1. The monoisotopic (exact) mass is 265 g/mol. The van der Waals surface area contributed by atoms with Crippen LogP contribution in [0.15, 0.2) is 4.52 Å². The van der Waals surface area contributed by atoms with Crippen LogP contribution in [0.5, 0.6) is 0 Å². The van der Waals surface area contributed by atoms with E-state index in [0.717, 1.165) is 31.1 Å². The van der Waals surface area contributed by atoms with Gasteiger partial charge in [0.15, 0.2) is 5.82 Å². The van der Waals surface area contributed by atoms with Crippen LogP contribution in [0.25, 0.3) is 0 Å². The van der Waals surface area contributed by atoms with Crippen molar-refractivity contribution in [1.29, 1.82) is 0 Å². The second kappa shape index (κ2) is 7.63. The average Bonchev–Trinajstić information content (AvgIpc) is 3.06. The van der Waals surface area contributed by atoms with Gasteiger partial charge in [-0.25, -0.2) is 0 Å². The average molecular weight is 265 g/mol. The van der Waals surface area contributed by atoms with Crippen LogP contribution in [-0.2, 0) is 6.42 Å². The Balaban J connectivity index is 1.89. The lowest BCUT2D eigenvalue weighted by atomic mass is 10.1. The molecule has 1 fully saturated rings. The Bertz CT molecular complexity index is 358. The molecule has 4 nitrogen and oxygen atoms in total. The fourth-order valence-electron chi connectivity index (χ4n) is 2.88. The molecule has 0 amide bonds. The molecule has 19 heavy (non-hydrogen) atoms. The molecule has 1 saturated carbocycles. The van der Waals surface area contributed by atoms with Crippen LogP contribution in [0.4, 0.5) is 0 Å². The molecule has 0 bridgehead atoms. The first kappa shape index (κ1) is 14.5. The van der Waals surface area contributed by atoms with E-state index in [0.29, 0.717) is 12.0 Å². The smallest absolute Gasteiger partial charge is 0.228 e. The molecule has 1 aromatic heterocycles. The van der Waals surface area contributed by atoms with Crippen molar-refractivity contribution in [3.05, 3.63) is 11.7 Å². The van der Waals surface area contributed by atoms with Gasteiger partial charge in [0.25, 0.3) is 0 Å². The first-order valence-electron chi connectivity index (χ1n) is 7.89. The second-order valence-electron chi connectivity index (χ2n) is 5.67. The minimum atomic E-state index is 0.474. The first-order valence-corrected chi connectivity index (χ1v) is 7.89. The van der Waals surface area contributed by atoms with Gasteiger partial charge in [-0.3, -0.25) is 0 Å². The van der Waals surface area contributed by atoms with E-state index in [1.54, 1.807) is 0 Å². The van der Waals surface area contributed by atoms with Gasteiger partial charge in [0.2, 0.25) is 5.89 Å². The topological polar surface area (TPSA) is 51.0 Å². The first-order chi connectivity index (χ1) is 9.33. The fourth-order valence-corrected chi connectivity index (χ4v) is 2.88. The highest BCUT2D eigenvalue weighted by molar-refractivity contribution is 4.98. The maximum atomic E-state index is 5.43. The van der Waals surface area contributed by atoms with Gasteiger partial charge < -0.3 is 9.84 Å². The molecule has 2 rings (SSSR count). The Morgan fingerprint density at radius 3 is 2.74 bits per heavy atom. The van der Waals surface area contributed by atoms with Crippen LogP contribution in [-0.4, -0.2) is 22.7 Å². The molecule has 0 saturated heterocycles. The third kappa shape index (κ3) is 4.30. The standard InChI is InChI=1S/C15H27N3O/c1-3-7-13(16-10-4-2)11-14-17-15(18-19-14)12-8-5-6-9-12/h12-13,16H,3-11H2,1-2H3. The third-order valence-corrected chi connectivity index (χ3v) is 3.95. The summed E-state index contributed by atoms with van der Waals surface area (Å²) < 4.78 is 5.43. The summed E-state index contributed by atoms with van der Waals surface area (Å²) in [5.74, 6) is 2.30. The van der Waals surface area contributed by atoms with Gasteiger partial charge in [0.05, 0.1) is 0 Å². The molecule has 0 aliphatic heterocycles. The molecule has 1 atom stereocenters. The molecular weight excluding hydrogens is 238 g/mol. The lowest BCUT2D eigenvalue weighted by Crippen LogP contribution is -2.31. The fraction of sp³-hybridized carbons (Fsp3) is 0.867. The van der Waals surface area contributed by atoms with Crippen molar-refractivity contribution in [1.82, 2.24) is 15.5 Å². The quantitative estimate of drug-likeness (QED) is 0.782. The zero-order chi connectivity index (χ0) is 13.5. The summed E-state index contributed by atoms with van der Waals surface area (Å²) in [6.07, 6.45) is 9.46. The number of hydrogen-bond acceptors (Lipinski definition) is 4. The van der Waals surface area contributed by atoms with E-state index in [4.69, 9.17) is 4.52 Å². The summed E-state index contributed by atoms with van der Waals surface area (Å²) >= 11 is 0. The highest BCUT2D eigenvalue weighted by atomic mass is 16.5. The van der Waals surface area contributed by atoms with Gasteiger partial charge in [-0.1, -0.05) is 38.3 Å². The Kier molecular flexibility index (Phi) is 5.83. The van der Waals surface area contributed by atoms with Crippen LogP contribution in [0.1, 0.15) is 76.4 Å². The van der Waals surface area contributed by atoms with E-state index >= 15 is 0 Å². The van der Waals surface area contributed by atoms with E-state index in [2.05, 4.69) is 29.3 Å². The molecule has 1 heterocycles. The summed E-state index contributed by atoms with van der Waals surface area (Å²) in [6, 6.07) is 0.474. The van der Waals surface area contributed by atoms with Crippen molar-refractivity contribution >= 4 is 0 Å². The van der Waals surface area contributed by atoms with Gasteiger partial charge in [0, 0.05) is 18.4 Å². The van der Waals surface area contributed by atoms with Gasteiger partial charge in [0.1, 0.15) is 0 Å². The summed E-state index contributed by atoms with van der Waals surface area (Å²) in [5, 5.41) is 7.75. The van der Waals surface area contributed by atoms with Gasteiger partial charge in [-0.05, 0) is 32.2 Å². The number of nitrogens with one attached hydrogen (secondary N) is 1. The van der Waals surface area contributed by atoms with E-state index in [-0.39, 0.29) is 0 Å². The lowest BCUT2D eigenvalue weighted by Gasteiger charge is -2.15. The van der Waals surface area contributed by atoms with Crippen molar-refractivity contribution in [3.63, 3.8) is 0 Å². The summed E-state index contributed by atoms with van der Waals surface area (Å²) in [6.45, 7) is 5.48.